The Labute approximate surface area is 141 Å². The van der Waals surface area contributed by atoms with E-state index in [0.29, 0.717) is 12.5 Å². The molecule has 0 N–H and O–H groups in total. The summed E-state index contributed by atoms with van der Waals surface area (Å²) in [6.45, 7) is 2.50. The molecule has 1 aromatic heterocycles. The first-order valence-electron chi connectivity index (χ1n) is 8.11. The monoisotopic (exact) mass is 327 g/mol. The quantitative estimate of drug-likeness (QED) is 0.787. The zero-order valence-corrected chi connectivity index (χ0v) is 13.7. The third-order valence-corrected chi connectivity index (χ3v) is 4.12. The van der Waals surface area contributed by atoms with Gasteiger partial charge in [0, 0.05) is 19.0 Å². The van der Waals surface area contributed by atoms with Crippen LogP contribution in [-0.2, 0) is 4.74 Å². The number of esters is 1. The van der Waals surface area contributed by atoms with E-state index in [-0.39, 0.29) is 5.69 Å². The minimum Gasteiger partial charge on any atom is -0.493 e. The second-order valence-corrected chi connectivity index (χ2v) is 5.85. The van der Waals surface area contributed by atoms with Gasteiger partial charge in [0.2, 0.25) is 0 Å². The number of hydrogen-bond acceptors (Lipinski definition) is 6. The molecule has 0 saturated carbocycles. The van der Waals surface area contributed by atoms with Gasteiger partial charge in [0.1, 0.15) is 5.75 Å². The Hall–Kier alpha value is -2.63. The van der Waals surface area contributed by atoms with Gasteiger partial charge in [-0.25, -0.2) is 4.79 Å². The fourth-order valence-electron chi connectivity index (χ4n) is 2.85. The van der Waals surface area contributed by atoms with Gasteiger partial charge >= 0.3 is 5.97 Å². The molecule has 0 aliphatic carbocycles. The predicted molar refractivity (Wildman–Crippen MR) is 90.2 cm³/mol. The fourth-order valence-corrected chi connectivity index (χ4v) is 2.85. The molecule has 0 spiro atoms. The first-order valence-corrected chi connectivity index (χ1v) is 8.11. The molecule has 2 aromatic rings. The van der Waals surface area contributed by atoms with Gasteiger partial charge in [-0.1, -0.05) is 18.2 Å². The highest BCUT2D eigenvalue weighted by Crippen LogP contribution is 2.22. The molecule has 0 amide bonds. The van der Waals surface area contributed by atoms with Crippen LogP contribution in [0.25, 0.3) is 0 Å². The molecule has 126 valence electrons. The molecule has 1 fully saturated rings. The van der Waals surface area contributed by atoms with E-state index in [4.69, 9.17) is 4.74 Å². The van der Waals surface area contributed by atoms with Crippen molar-refractivity contribution in [1.29, 1.82) is 0 Å². The highest BCUT2D eigenvalue weighted by molar-refractivity contribution is 5.86. The molecular formula is C18H21N3O3. The van der Waals surface area contributed by atoms with Crippen molar-refractivity contribution in [3.63, 3.8) is 0 Å². The Balaban J connectivity index is 1.58. The maximum Gasteiger partial charge on any atom is 0.358 e. The van der Waals surface area contributed by atoms with E-state index < -0.39 is 5.97 Å². The average Bonchev–Trinajstić information content (AvgIpc) is 2.67. The van der Waals surface area contributed by atoms with E-state index in [9.17, 15) is 4.79 Å². The van der Waals surface area contributed by atoms with Gasteiger partial charge in [-0.2, -0.15) is 0 Å². The van der Waals surface area contributed by atoms with Crippen LogP contribution in [0, 0.1) is 5.92 Å². The van der Waals surface area contributed by atoms with Gasteiger partial charge in [-0.05, 0) is 37.1 Å². The molecule has 1 aromatic carbocycles. The molecule has 3 rings (SSSR count). The number of hydrogen-bond donors (Lipinski definition) is 0. The summed E-state index contributed by atoms with van der Waals surface area (Å²) in [5, 5.41) is 8.10. The summed E-state index contributed by atoms with van der Waals surface area (Å²) >= 11 is 0. The highest BCUT2D eigenvalue weighted by atomic mass is 16.5. The normalized spacial score (nSPS) is 17.4. The van der Waals surface area contributed by atoms with E-state index in [1.807, 2.05) is 36.4 Å². The molecule has 6 nitrogen and oxygen atoms in total. The number of methoxy groups -OCH3 is 1. The number of nitrogens with zero attached hydrogens (tertiary/aromatic N) is 3. The van der Waals surface area contributed by atoms with Crippen LogP contribution in [0.4, 0.5) is 5.82 Å². The largest absolute Gasteiger partial charge is 0.493 e. The molecule has 1 atom stereocenters. The van der Waals surface area contributed by atoms with E-state index >= 15 is 0 Å². The first-order chi connectivity index (χ1) is 11.8. The van der Waals surface area contributed by atoms with Crippen molar-refractivity contribution in [2.45, 2.75) is 12.8 Å². The Morgan fingerprint density at radius 2 is 2.04 bits per heavy atom. The van der Waals surface area contributed by atoms with Crippen LogP contribution in [0.15, 0.2) is 42.5 Å². The SMILES string of the molecule is COC(=O)c1ccc(N2CCCC(COc3ccccc3)C2)nn1. The van der Waals surface area contributed by atoms with Crippen molar-refractivity contribution in [1.82, 2.24) is 10.2 Å². The van der Waals surface area contributed by atoms with Crippen LogP contribution in [-0.4, -0.2) is 43.0 Å². The summed E-state index contributed by atoms with van der Waals surface area (Å²) in [6, 6.07) is 13.3. The standard InChI is InChI=1S/C18H21N3O3/c1-23-18(22)16-9-10-17(20-19-16)21-11-5-6-14(12-21)13-24-15-7-3-2-4-8-15/h2-4,7-10,14H,5-6,11-13H2,1H3. The zero-order chi connectivity index (χ0) is 16.8. The first kappa shape index (κ1) is 16.2. The molecule has 6 heteroatoms. The van der Waals surface area contributed by atoms with Crippen molar-refractivity contribution in [3.8, 4) is 5.75 Å². The molecule has 1 saturated heterocycles. The molecule has 2 heterocycles. The maximum absolute atomic E-state index is 11.4. The molecule has 1 aliphatic rings. The van der Waals surface area contributed by atoms with Gasteiger partial charge in [0.05, 0.1) is 13.7 Å². The third kappa shape index (κ3) is 4.01. The fraction of sp³-hybridized carbons (Fsp3) is 0.389. The third-order valence-electron chi connectivity index (χ3n) is 4.12. The summed E-state index contributed by atoms with van der Waals surface area (Å²) < 4.78 is 10.5. The molecule has 1 unspecified atom stereocenters. The van der Waals surface area contributed by atoms with Gasteiger partial charge in [0.15, 0.2) is 11.5 Å². The number of para-hydroxylation sites is 1. The minimum absolute atomic E-state index is 0.224. The van der Waals surface area contributed by atoms with Crippen LogP contribution in [0.2, 0.25) is 0 Å². The van der Waals surface area contributed by atoms with E-state index in [1.54, 1.807) is 6.07 Å². The number of carbonyl (C=O) groups is 1. The van der Waals surface area contributed by atoms with Crippen molar-refractivity contribution >= 4 is 11.8 Å². The van der Waals surface area contributed by atoms with Gasteiger partial charge in [0.25, 0.3) is 0 Å². The van der Waals surface area contributed by atoms with Gasteiger partial charge in [-0.3, -0.25) is 0 Å². The predicted octanol–water partition coefficient (Wildman–Crippen LogP) is 2.56. The second kappa shape index (κ2) is 7.77. The van der Waals surface area contributed by atoms with Crippen molar-refractivity contribution in [2.24, 2.45) is 5.92 Å². The maximum atomic E-state index is 11.4. The lowest BCUT2D eigenvalue weighted by molar-refractivity contribution is 0.0592. The molecule has 1 aliphatic heterocycles. The second-order valence-electron chi connectivity index (χ2n) is 5.85. The molecule has 0 radical (unpaired) electrons. The zero-order valence-electron chi connectivity index (χ0n) is 13.7. The van der Waals surface area contributed by atoms with E-state index in [0.717, 1.165) is 37.5 Å². The van der Waals surface area contributed by atoms with Crippen molar-refractivity contribution < 1.29 is 14.3 Å². The van der Waals surface area contributed by atoms with Crippen LogP contribution >= 0.6 is 0 Å². The average molecular weight is 327 g/mol. The minimum atomic E-state index is -0.471. The summed E-state index contributed by atoms with van der Waals surface area (Å²) in [5.74, 6) is 1.66. The summed E-state index contributed by atoms with van der Waals surface area (Å²) in [5.41, 5.74) is 0.224. The van der Waals surface area contributed by atoms with Crippen molar-refractivity contribution in [3.05, 3.63) is 48.2 Å². The molecule has 24 heavy (non-hydrogen) atoms. The summed E-state index contributed by atoms with van der Waals surface area (Å²) in [7, 11) is 1.33. The van der Waals surface area contributed by atoms with E-state index in [1.165, 1.54) is 7.11 Å². The van der Waals surface area contributed by atoms with Crippen molar-refractivity contribution in [2.75, 3.05) is 31.7 Å². The number of ether oxygens (including phenoxy) is 2. The van der Waals surface area contributed by atoms with E-state index in [2.05, 4.69) is 19.8 Å². The number of benzene rings is 1. The smallest absolute Gasteiger partial charge is 0.358 e. The molecule has 0 bridgehead atoms. The number of aromatic nitrogens is 2. The van der Waals surface area contributed by atoms with Gasteiger partial charge < -0.3 is 14.4 Å². The van der Waals surface area contributed by atoms with Crippen LogP contribution in [0.3, 0.4) is 0 Å². The Morgan fingerprint density at radius 1 is 1.21 bits per heavy atom. The number of anilines is 1. The number of rotatable bonds is 5. The Bertz CT molecular complexity index is 661. The Morgan fingerprint density at radius 3 is 2.75 bits per heavy atom. The van der Waals surface area contributed by atoms with Crippen LogP contribution in [0.5, 0.6) is 5.75 Å². The number of carbonyl (C=O) groups excluding carboxylic acids is 1. The van der Waals surface area contributed by atoms with Crippen LogP contribution < -0.4 is 9.64 Å². The lowest BCUT2D eigenvalue weighted by Gasteiger charge is -2.33. The van der Waals surface area contributed by atoms with Gasteiger partial charge in [-0.15, -0.1) is 10.2 Å². The Kier molecular flexibility index (Phi) is 5.25. The van der Waals surface area contributed by atoms with Crippen LogP contribution in [0.1, 0.15) is 23.3 Å². The highest BCUT2D eigenvalue weighted by Gasteiger charge is 2.22. The topological polar surface area (TPSA) is 64.5 Å². The summed E-state index contributed by atoms with van der Waals surface area (Å²) in [4.78, 5) is 13.6. The lowest BCUT2D eigenvalue weighted by atomic mass is 9.99. The number of piperidine rings is 1. The summed E-state index contributed by atoms with van der Waals surface area (Å²) in [6.07, 6.45) is 2.22. The molecular weight excluding hydrogens is 306 g/mol. The lowest BCUT2D eigenvalue weighted by Crippen LogP contribution is -2.38.